The Morgan fingerprint density at radius 1 is 1.46 bits per heavy atom. The summed E-state index contributed by atoms with van der Waals surface area (Å²) >= 11 is 3.57. The van der Waals surface area contributed by atoms with E-state index in [2.05, 4.69) is 47.1 Å². The molecule has 2 N–H and O–H groups in total. The lowest BCUT2D eigenvalue weighted by molar-refractivity contribution is 0.631. The summed E-state index contributed by atoms with van der Waals surface area (Å²) in [5.74, 6) is 1.38. The number of nitrogens with two attached hydrogens (primary N) is 1. The Hall–Kier alpha value is -0.340. The summed E-state index contributed by atoms with van der Waals surface area (Å²) in [5.41, 5.74) is 7.28. The van der Waals surface area contributed by atoms with Gasteiger partial charge >= 0.3 is 0 Å². The van der Waals surface area contributed by atoms with Gasteiger partial charge < -0.3 is 5.73 Å². The van der Waals surface area contributed by atoms with Crippen LogP contribution in [0.15, 0.2) is 28.7 Å². The second-order valence-corrected chi connectivity index (χ2v) is 4.74. The number of halogens is 1. The SMILES string of the molecule is C[C@H](N)[C@H]1C[C@@H]1c1ccccc1Br. The smallest absolute Gasteiger partial charge is 0.0210 e. The third-order valence-corrected chi connectivity index (χ3v) is 3.54. The number of rotatable bonds is 2. The van der Waals surface area contributed by atoms with Crippen LogP contribution in [-0.4, -0.2) is 6.04 Å². The molecule has 0 radical (unpaired) electrons. The highest BCUT2D eigenvalue weighted by Crippen LogP contribution is 2.50. The molecule has 2 rings (SSSR count). The average molecular weight is 240 g/mol. The van der Waals surface area contributed by atoms with E-state index in [1.807, 2.05) is 0 Å². The Morgan fingerprint density at radius 3 is 2.69 bits per heavy atom. The standard InChI is InChI=1S/C11H14BrN/c1-7(13)9-6-10(9)8-4-2-3-5-11(8)12/h2-5,7,9-10H,6,13H2,1H3/t7-,9+,10+/m0/s1. The molecule has 0 bridgehead atoms. The largest absolute Gasteiger partial charge is 0.328 e. The molecule has 1 nitrogen and oxygen atoms in total. The first-order chi connectivity index (χ1) is 6.20. The summed E-state index contributed by atoms with van der Waals surface area (Å²) in [6.45, 7) is 2.10. The van der Waals surface area contributed by atoms with E-state index in [-0.39, 0.29) is 0 Å². The second-order valence-electron chi connectivity index (χ2n) is 3.89. The Labute approximate surface area is 87.5 Å². The quantitative estimate of drug-likeness (QED) is 0.845. The van der Waals surface area contributed by atoms with Gasteiger partial charge in [0, 0.05) is 10.5 Å². The molecule has 3 atom stereocenters. The molecule has 1 aromatic rings. The Balaban J connectivity index is 2.16. The Morgan fingerprint density at radius 2 is 2.15 bits per heavy atom. The van der Waals surface area contributed by atoms with Gasteiger partial charge in [-0.2, -0.15) is 0 Å². The van der Waals surface area contributed by atoms with Gasteiger partial charge in [0.25, 0.3) is 0 Å². The van der Waals surface area contributed by atoms with E-state index in [9.17, 15) is 0 Å². The van der Waals surface area contributed by atoms with Crippen LogP contribution in [0.3, 0.4) is 0 Å². The van der Waals surface area contributed by atoms with Gasteiger partial charge in [-0.05, 0) is 36.8 Å². The van der Waals surface area contributed by atoms with Gasteiger partial charge in [0.05, 0.1) is 0 Å². The zero-order valence-corrected chi connectivity index (χ0v) is 9.29. The second kappa shape index (κ2) is 3.43. The minimum absolute atomic E-state index is 0.331. The van der Waals surface area contributed by atoms with Crippen molar-refractivity contribution in [2.24, 2.45) is 11.7 Å². The fraction of sp³-hybridized carbons (Fsp3) is 0.455. The number of hydrogen-bond acceptors (Lipinski definition) is 1. The third kappa shape index (κ3) is 1.79. The zero-order chi connectivity index (χ0) is 9.42. The average Bonchev–Trinajstić information content (AvgIpc) is 2.84. The highest BCUT2D eigenvalue weighted by molar-refractivity contribution is 9.10. The maximum Gasteiger partial charge on any atom is 0.0210 e. The molecular weight excluding hydrogens is 226 g/mol. The van der Waals surface area contributed by atoms with Crippen LogP contribution in [0.2, 0.25) is 0 Å². The van der Waals surface area contributed by atoms with Gasteiger partial charge in [0.2, 0.25) is 0 Å². The van der Waals surface area contributed by atoms with Crippen molar-refractivity contribution in [3.8, 4) is 0 Å². The molecular formula is C11H14BrN. The lowest BCUT2D eigenvalue weighted by Crippen LogP contribution is -2.17. The Bertz CT molecular complexity index is 309. The topological polar surface area (TPSA) is 26.0 Å². The normalized spacial score (nSPS) is 28.5. The fourth-order valence-corrected chi connectivity index (χ4v) is 2.51. The maximum atomic E-state index is 5.86. The summed E-state index contributed by atoms with van der Waals surface area (Å²) in [5, 5.41) is 0. The minimum atomic E-state index is 0.331. The van der Waals surface area contributed by atoms with Gasteiger partial charge in [0.1, 0.15) is 0 Å². The first-order valence-electron chi connectivity index (χ1n) is 4.70. The summed E-state index contributed by atoms with van der Waals surface area (Å²) in [4.78, 5) is 0. The summed E-state index contributed by atoms with van der Waals surface area (Å²) in [6, 6.07) is 8.77. The van der Waals surface area contributed by atoms with Crippen LogP contribution >= 0.6 is 15.9 Å². The van der Waals surface area contributed by atoms with Crippen molar-refractivity contribution in [1.82, 2.24) is 0 Å². The number of benzene rings is 1. The first kappa shape index (κ1) is 9.22. The van der Waals surface area contributed by atoms with E-state index in [4.69, 9.17) is 5.73 Å². The van der Waals surface area contributed by atoms with Crippen LogP contribution in [0.4, 0.5) is 0 Å². The Kier molecular flexibility index (Phi) is 2.43. The molecule has 1 saturated carbocycles. The summed E-state index contributed by atoms with van der Waals surface area (Å²) < 4.78 is 1.23. The highest BCUT2D eigenvalue weighted by atomic mass is 79.9. The molecule has 0 heterocycles. The third-order valence-electron chi connectivity index (χ3n) is 2.82. The van der Waals surface area contributed by atoms with Crippen LogP contribution in [0.5, 0.6) is 0 Å². The minimum Gasteiger partial charge on any atom is -0.328 e. The molecule has 0 unspecified atom stereocenters. The van der Waals surface area contributed by atoms with E-state index in [0.717, 1.165) is 0 Å². The van der Waals surface area contributed by atoms with E-state index in [1.165, 1.54) is 16.5 Å². The molecule has 1 aliphatic rings. The van der Waals surface area contributed by atoms with Gasteiger partial charge in [0.15, 0.2) is 0 Å². The van der Waals surface area contributed by atoms with Crippen LogP contribution in [0, 0.1) is 5.92 Å². The van der Waals surface area contributed by atoms with Gasteiger partial charge in [-0.15, -0.1) is 0 Å². The molecule has 1 aliphatic carbocycles. The van der Waals surface area contributed by atoms with Gasteiger partial charge in [-0.25, -0.2) is 0 Å². The van der Waals surface area contributed by atoms with Crippen molar-refractivity contribution in [2.75, 3.05) is 0 Å². The van der Waals surface area contributed by atoms with Crippen LogP contribution in [-0.2, 0) is 0 Å². The maximum absolute atomic E-state index is 5.86. The molecule has 1 aromatic carbocycles. The van der Waals surface area contributed by atoms with Crippen molar-refractivity contribution in [1.29, 1.82) is 0 Å². The van der Waals surface area contributed by atoms with Crippen molar-refractivity contribution in [3.05, 3.63) is 34.3 Å². The van der Waals surface area contributed by atoms with Gasteiger partial charge in [-0.1, -0.05) is 34.1 Å². The first-order valence-corrected chi connectivity index (χ1v) is 5.49. The van der Waals surface area contributed by atoms with E-state index in [0.29, 0.717) is 17.9 Å². The van der Waals surface area contributed by atoms with E-state index >= 15 is 0 Å². The molecule has 0 aliphatic heterocycles. The van der Waals surface area contributed by atoms with E-state index in [1.54, 1.807) is 0 Å². The van der Waals surface area contributed by atoms with Crippen LogP contribution in [0.25, 0.3) is 0 Å². The zero-order valence-electron chi connectivity index (χ0n) is 7.70. The molecule has 0 spiro atoms. The van der Waals surface area contributed by atoms with Crippen molar-refractivity contribution in [2.45, 2.75) is 25.3 Å². The molecule has 0 amide bonds. The molecule has 70 valence electrons. The fourth-order valence-electron chi connectivity index (χ4n) is 1.93. The van der Waals surface area contributed by atoms with Crippen molar-refractivity contribution >= 4 is 15.9 Å². The van der Waals surface area contributed by atoms with E-state index < -0.39 is 0 Å². The van der Waals surface area contributed by atoms with Crippen molar-refractivity contribution in [3.63, 3.8) is 0 Å². The lowest BCUT2D eigenvalue weighted by Gasteiger charge is -2.05. The molecule has 0 aromatic heterocycles. The molecule has 1 fully saturated rings. The molecule has 13 heavy (non-hydrogen) atoms. The number of hydrogen-bond donors (Lipinski definition) is 1. The highest BCUT2D eigenvalue weighted by Gasteiger charge is 2.41. The predicted octanol–water partition coefficient (Wildman–Crippen LogP) is 2.90. The van der Waals surface area contributed by atoms with Crippen LogP contribution < -0.4 is 5.73 Å². The van der Waals surface area contributed by atoms with Gasteiger partial charge in [-0.3, -0.25) is 0 Å². The lowest BCUT2D eigenvalue weighted by atomic mass is 10.1. The summed E-state index contributed by atoms with van der Waals surface area (Å²) in [7, 11) is 0. The van der Waals surface area contributed by atoms with Crippen LogP contribution in [0.1, 0.15) is 24.8 Å². The van der Waals surface area contributed by atoms with Crippen molar-refractivity contribution < 1.29 is 0 Å². The molecule has 2 heteroatoms. The summed E-state index contributed by atoms with van der Waals surface area (Å²) in [6.07, 6.45) is 1.25. The predicted molar refractivity (Wildman–Crippen MR) is 58.6 cm³/mol. The monoisotopic (exact) mass is 239 g/mol. The molecule has 0 saturated heterocycles.